The van der Waals surface area contributed by atoms with Gasteiger partial charge in [-0.05, 0) is 57.7 Å². The Labute approximate surface area is 185 Å². The number of hydrogen-bond acceptors (Lipinski definition) is 5. The van der Waals surface area contributed by atoms with Crippen LogP contribution in [0, 0.1) is 13.8 Å². The minimum Gasteiger partial charge on any atom is -0.444 e. The molecular weight excluding hydrogens is 398 g/mol. The van der Waals surface area contributed by atoms with Crippen LogP contribution in [0.2, 0.25) is 0 Å². The first kappa shape index (κ1) is 26.4. The minimum atomic E-state index is -0.920. The number of aliphatic hydroxyl groups excluding tert-OH is 1. The molecule has 8 nitrogen and oxygen atoms in total. The standard InChI is InChI=1S/C23H37N3O5/c1-7-8-12-24-21(29)20(18-11-9-10-16(2)17(18)3)26(13-14-27)19(28)15-25-22(30)31-23(4,5)6/h9-11,20,27H,7-8,12-15H2,1-6H3,(H,24,29)(H,25,30). The van der Waals surface area contributed by atoms with Crippen molar-refractivity contribution < 1.29 is 24.2 Å². The number of ether oxygens (including phenoxy) is 1. The average Bonchev–Trinajstić information content (AvgIpc) is 2.67. The van der Waals surface area contributed by atoms with Crippen LogP contribution in [0.25, 0.3) is 0 Å². The number of hydrogen-bond donors (Lipinski definition) is 3. The molecule has 3 N–H and O–H groups in total. The van der Waals surface area contributed by atoms with Gasteiger partial charge < -0.3 is 25.4 Å². The summed E-state index contributed by atoms with van der Waals surface area (Å²) in [5, 5.41) is 14.9. The summed E-state index contributed by atoms with van der Waals surface area (Å²) in [5.74, 6) is -0.808. The monoisotopic (exact) mass is 435 g/mol. The normalized spacial score (nSPS) is 12.1. The molecule has 0 heterocycles. The van der Waals surface area contributed by atoms with E-state index < -0.39 is 23.6 Å². The molecule has 0 saturated carbocycles. The fraction of sp³-hybridized carbons (Fsp3) is 0.609. The van der Waals surface area contributed by atoms with Gasteiger partial charge in [0.05, 0.1) is 6.61 Å². The lowest BCUT2D eigenvalue weighted by molar-refractivity contribution is -0.140. The van der Waals surface area contributed by atoms with Gasteiger partial charge in [-0.25, -0.2) is 4.79 Å². The molecule has 0 radical (unpaired) electrons. The van der Waals surface area contributed by atoms with Crippen LogP contribution >= 0.6 is 0 Å². The van der Waals surface area contributed by atoms with Gasteiger partial charge in [0.25, 0.3) is 0 Å². The number of rotatable bonds is 10. The summed E-state index contributed by atoms with van der Waals surface area (Å²) in [7, 11) is 0. The zero-order valence-electron chi connectivity index (χ0n) is 19.6. The second kappa shape index (κ2) is 12.3. The van der Waals surface area contributed by atoms with Crippen molar-refractivity contribution in [3.63, 3.8) is 0 Å². The molecular formula is C23H37N3O5. The third-order valence-electron chi connectivity index (χ3n) is 4.77. The third kappa shape index (κ3) is 8.57. The number of aliphatic hydroxyl groups is 1. The van der Waals surface area contributed by atoms with Gasteiger partial charge in [-0.1, -0.05) is 31.5 Å². The molecule has 0 aromatic heterocycles. The average molecular weight is 436 g/mol. The van der Waals surface area contributed by atoms with Crippen molar-refractivity contribution in [3.05, 3.63) is 34.9 Å². The highest BCUT2D eigenvalue weighted by Gasteiger charge is 2.32. The fourth-order valence-corrected chi connectivity index (χ4v) is 3.07. The molecule has 1 atom stereocenters. The Balaban J connectivity index is 3.16. The first-order chi connectivity index (χ1) is 14.5. The van der Waals surface area contributed by atoms with E-state index in [0.717, 1.165) is 24.0 Å². The number of alkyl carbamates (subject to hydrolysis) is 1. The van der Waals surface area contributed by atoms with Crippen LogP contribution < -0.4 is 10.6 Å². The lowest BCUT2D eigenvalue weighted by Crippen LogP contribution is -2.49. The van der Waals surface area contributed by atoms with Crippen molar-refractivity contribution in [1.82, 2.24) is 15.5 Å². The number of nitrogens with one attached hydrogen (secondary N) is 2. The molecule has 1 aromatic rings. The van der Waals surface area contributed by atoms with Crippen LogP contribution in [-0.4, -0.2) is 59.8 Å². The number of nitrogens with zero attached hydrogens (tertiary/aromatic N) is 1. The van der Waals surface area contributed by atoms with E-state index in [-0.39, 0.29) is 25.6 Å². The zero-order valence-corrected chi connectivity index (χ0v) is 19.6. The predicted octanol–water partition coefficient (Wildman–Crippen LogP) is 2.61. The van der Waals surface area contributed by atoms with Crippen LogP contribution in [0.4, 0.5) is 4.79 Å². The van der Waals surface area contributed by atoms with Gasteiger partial charge in [0.15, 0.2) is 0 Å². The smallest absolute Gasteiger partial charge is 0.408 e. The van der Waals surface area contributed by atoms with Gasteiger partial charge in [-0.3, -0.25) is 9.59 Å². The molecule has 0 fully saturated rings. The van der Waals surface area contributed by atoms with Crippen LogP contribution in [-0.2, 0) is 14.3 Å². The third-order valence-corrected chi connectivity index (χ3v) is 4.77. The maximum atomic E-state index is 13.1. The quantitative estimate of drug-likeness (QED) is 0.490. The Morgan fingerprint density at radius 3 is 2.42 bits per heavy atom. The molecule has 31 heavy (non-hydrogen) atoms. The first-order valence-corrected chi connectivity index (χ1v) is 10.7. The fourth-order valence-electron chi connectivity index (χ4n) is 3.07. The van der Waals surface area contributed by atoms with Crippen molar-refractivity contribution in [3.8, 4) is 0 Å². The summed E-state index contributed by atoms with van der Waals surface area (Å²) in [4.78, 5) is 39.4. The Kier molecular flexibility index (Phi) is 10.5. The number of benzene rings is 1. The molecule has 0 aliphatic carbocycles. The predicted molar refractivity (Wildman–Crippen MR) is 120 cm³/mol. The van der Waals surface area contributed by atoms with Gasteiger partial charge in [0.1, 0.15) is 18.2 Å². The van der Waals surface area contributed by atoms with E-state index in [0.29, 0.717) is 12.1 Å². The number of carbonyl (C=O) groups excluding carboxylic acids is 3. The molecule has 1 rings (SSSR count). The maximum Gasteiger partial charge on any atom is 0.408 e. The lowest BCUT2D eigenvalue weighted by atomic mass is 9.95. The van der Waals surface area contributed by atoms with Crippen LogP contribution in [0.5, 0.6) is 0 Å². The van der Waals surface area contributed by atoms with Gasteiger partial charge in [0.2, 0.25) is 11.8 Å². The molecule has 3 amide bonds. The molecule has 0 saturated heterocycles. The SMILES string of the molecule is CCCCNC(=O)C(c1cccc(C)c1C)N(CCO)C(=O)CNC(=O)OC(C)(C)C. The highest BCUT2D eigenvalue weighted by Crippen LogP contribution is 2.26. The van der Waals surface area contributed by atoms with Crippen molar-refractivity contribution >= 4 is 17.9 Å². The molecule has 1 aromatic carbocycles. The van der Waals surface area contributed by atoms with Gasteiger partial charge >= 0.3 is 6.09 Å². The van der Waals surface area contributed by atoms with Crippen molar-refractivity contribution in [1.29, 1.82) is 0 Å². The van der Waals surface area contributed by atoms with Crippen LogP contribution in [0.3, 0.4) is 0 Å². The van der Waals surface area contributed by atoms with Gasteiger partial charge in [0, 0.05) is 13.1 Å². The van der Waals surface area contributed by atoms with Crippen molar-refractivity contribution in [2.75, 3.05) is 26.2 Å². The first-order valence-electron chi connectivity index (χ1n) is 10.7. The molecule has 0 bridgehead atoms. The topological polar surface area (TPSA) is 108 Å². The highest BCUT2D eigenvalue weighted by molar-refractivity contribution is 5.90. The molecule has 0 aliphatic heterocycles. The van der Waals surface area contributed by atoms with Crippen molar-refractivity contribution in [2.45, 2.75) is 66.0 Å². The summed E-state index contributed by atoms with van der Waals surface area (Å²) in [5.41, 5.74) is 1.88. The molecule has 0 spiro atoms. The van der Waals surface area contributed by atoms with E-state index in [1.54, 1.807) is 20.8 Å². The zero-order chi connectivity index (χ0) is 23.6. The number of aryl methyl sites for hydroxylation is 1. The minimum absolute atomic E-state index is 0.0475. The highest BCUT2D eigenvalue weighted by atomic mass is 16.6. The van der Waals surface area contributed by atoms with Crippen LogP contribution in [0.1, 0.15) is 63.3 Å². The van der Waals surface area contributed by atoms with E-state index in [1.165, 1.54) is 4.90 Å². The van der Waals surface area contributed by atoms with E-state index >= 15 is 0 Å². The Morgan fingerprint density at radius 2 is 1.84 bits per heavy atom. The Hall–Kier alpha value is -2.61. The number of unbranched alkanes of at least 4 members (excludes halogenated alkanes) is 1. The van der Waals surface area contributed by atoms with Gasteiger partial charge in [-0.2, -0.15) is 0 Å². The maximum absolute atomic E-state index is 13.1. The summed E-state index contributed by atoms with van der Waals surface area (Å²) in [6.07, 6.45) is 1.02. The Bertz CT molecular complexity index is 758. The second-order valence-corrected chi connectivity index (χ2v) is 8.50. The lowest BCUT2D eigenvalue weighted by Gasteiger charge is -2.32. The number of amides is 3. The summed E-state index contributed by atoms with van der Waals surface area (Å²) >= 11 is 0. The molecule has 0 aliphatic rings. The van der Waals surface area contributed by atoms with E-state index in [2.05, 4.69) is 10.6 Å². The molecule has 174 valence electrons. The van der Waals surface area contributed by atoms with E-state index in [9.17, 15) is 19.5 Å². The van der Waals surface area contributed by atoms with E-state index in [1.807, 2.05) is 39.0 Å². The number of carbonyl (C=O) groups is 3. The Morgan fingerprint density at radius 1 is 1.16 bits per heavy atom. The van der Waals surface area contributed by atoms with Crippen LogP contribution in [0.15, 0.2) is 18.2 Å². The summed E-state index contributed by atoms with van der Waals surface area (Å²) in [6.45, 7) is 10.8. The van der Waals surface area contributed by atoms with Gasteiger partial charge in [-0.15, -0.1) is 0 Å². The summed E-state index contributed by atoms with van der Waals surface area (Å²) < 4.78 is 5.17. The molecule has 8 heteroatoms. The second-order valence-electron chi connectivity index (χ2n) is 8.50. The molecule has 1 unspecified atom stereocenters. The largest absolute Gasteiger partial charge is 0.444 e. The van der Waals surface area contributed by atoms with Crippen molar-refractivity contribution in [2.24, 2.45) is 0 Å². The van der Waals surface area contributed by atoms with E-state index in [4.69, 9.17) is 4.74 Å². The summed E-state index contributed by atoms with van der Waals surface area (Å²) in [6, 6.07) is 4.67.